The van der Waals surface area contributed by atoms with E-state index in [9.17, 15) is 9.59 Å². The summed E-state index contributed by atoms with van der Waals surface area (Å²) in [6.07, 6.45) is 7.02. The van der Waals surface area contributed by atoms with E-state index in [0.717, 1.165) is 17.6 Å². The van der Waals surface area contributed by atoms with Gasteiger partial charge in [-0.05, 0) is 24.8 Å². The number of amides is 2. The van der Waals surface area contributed by atoms with Gasteiger partial charge in [0.15, 0.2) is 0 Å². The van der Waals surface area contributed by atoms with E-state index in [1.807, 2.05) is 45.9 Å². The summed E-state index contributed by atoms with van der Waals surface area (Å²) in [6, 6.07) is 0. The fraction of sp³-hybridized carbons (Fsp3) is 0.579. The highest BCUT2D eigenvalue weighted by Gasteiger charge is 2.17. The first-order chi connectivity index (χ1) is 10.3. The molecule has 0 aliphatic carbocycles. The second-order valence-corrected chi connectivity index (χ2v) is 5.16. The smallest absolute Gasteiger partial charge is 0.233 e. The summed E-state index contributed by atoms with van der Waals surface area (Å²) in [7, 11) is 0. The van der Waals surface area contributed by atoms with Crippen LogP contribution in [0.25, 0.3) is 0 Å². The highest BCUT2D eigenvalue weighted by atomic mass is 16.2. The van der Waals surface area contributed by atoms with Crippen LogP contribution in [-0.2, 0) is 9.59 Å². The fourth-order valence-corrected chi connectivity index (χ4v) is 1.51. The van der Waals surface area contributed by atoms with Gasteiger partial charge in [-0.25, -0.2) is 0 Å². The summed E-state index contributed by atoms with van der Waals surface area (Å²) in [5.41, 5.74) is 1.93. The third-order valence-electron chi connectivity index (χ3n) is 3.15. The molecule has 2 amide bonds. The molecule has 0 spiro atoms. The Kier molecular flexibility index (Phi) is 13.4. The van der Waals surface area contributed by atoms with E-state index in [1.54, 1.807) is 6.92 Å². The predicted molar refractivity (Wildman–Crippen MR) is 95.4 cm³/mol. The van der Waals surface area contributed by atoms with E-state index in [1.165, 1.54) is 0 Å². The summed E-state index contributed by atoms with van der Waals surface area (Å²) in [6.45, 7) is 17.7. The molecule has 0 aromatic heterocycles. The number of hydrogen-bond donors (Lipinski definition) is 1. The molecule has 0 aliphatic rings. The monoisotopic (exact) mass is 307 g/mol. The van der Waals surface area contributed by atoms with Crippen LogP contribution in [0.5, 0.6) is 0 Å². The van der Waals surface area contributed by atoms with Crippen molar-refractivity contribution in [3.63, 3.8) is 0 Å². The van der Waals surface area contributed by atoms with Crippen LogP contribution in [0.2, 0.25) is 0 Å². The van der Waals surface area contributed by atoms with E-state index in [0.29, 0.717) is 12.3 Å². The van der Waals surface area contributed by atoms with Gasteiger partial charge in [0.25, 0.3) is 0 Å². The third kappa shape index (κ3) is 9.32. The number of nitrogens with one attached hydrogen (secondary N) is 1. The lowest BCUT2D eigenvalue weighted by Gasteiger charge is -2.13. The average molecular weight is 307 g/mol. The Bertz CT molecular complexity index is 417. The molecule has 22 heavy (non-hydrogen) atoms. The normalized spacial score (nSPS) is 12.6. The molecule has 0 aromatic rings. The number of rotatable bonds is 7. The van der Waals surface area contributed by atoms with Gasteiger partial charge in [0, 0.05) is 6.42 Å². The molecule has 1 N–H and O–H groups in total. The van der Waals surface area contributed by atoms with Crippen molar-refractivity contribution in [3.8, 4) is 0 Å². The van der Waals surface area contributed by atoms with Crippen molar-refractivity contribution in [2.24, 2.45) is 11.8 Å². The van der Waals surface area contributed by atoms with Gasteiger partial charge >= 0.3 is 0 Å². The third-order valence-corrected chi connectivity index (χ3v) is 3.15. The molecule has 0 saturated carbocycles. The zero-order valence-corrected chi connectivity index (χ0v) is 15.3. The highest BCUT2D eigenvalue weighted by Crippen LogP contribution is 2.16. The van der Waals surface area contributed by atoms with E-state index in [2.05, 4.69) is 25.7 Å². The molecular formula is C19H33NO2. The minimum atomic E-state index is -0.346. The standard InChI is InChI=1S/C17H27NO2.C2H6/c1-7-9-15(11-10-13(5)12(3)4)14(6)17(20)18-16(19)8-2;1-2/h9-12,14H,5,7-8H2,1-4,6H3,(H,18,19,20);1-2H3/b11-10-,15-9+;. The molecule has 0 radical (unpaired) electrons. The first-order valence-corrected chi connectivity index (χ1v) is 8.24. The molecule has 126 valence electrons. The van der Waals surface area contributed by atoms with Gasteiger partial charge in [0.2, 0.25) is 11.8 Å². The van der Waals surface area contributed by atoms with Gasteiger partial charge in [0.05, 0.1) is 5.92 Å². The van der Waals surface area contributed by atoms with Crippen LogP contribution in [0, 0.1) is 11.8 Å². The molecule has 0 heterocycles. The van der Waals surface area contributed by atoms with Crippen LogP contribution >= 0.6 is 0 Å². The van der Waals surface area contributed by atoms with Crippen molar-refractivity contribution in [1.29, 1.82) is 0 Å². The van der Waals surface area contributed by atoms with E-state index in [-0.39, 0.29) is 17.7 Å². The van der Waals surface area contributed by atoms with Crippen molar-refractivity contribution < 1.29 is 9.59 Å². The molecule has 1 atom stereocenters. The minimum absolute atomic E-state index is 0.242. The average Bonchev–Trinajstić information content (AvgIpc) is 2.51. The zero-order valence-electron chi connectivity index (χ0n) is 15.3. The SMILES string of the molecule is C=C(/C=C\C(=C/CC)C(C)C(=O)NC(=O)CC)C(C)C.CC. The van der Waals surface area contributed by atoms with Crippen LogP contribution in [0.4, 0.5) is 0 Å². The Morgan fingerprint density at radius 1 is 1.09 bits per heavy atom. The number of carbonyl (C=O) groups excluding carboxylic acids is 2. The van der Waals surface area contributed by atoms with Crippen molar-refractivity contribution >= 4 is 11.8 Å². The zero-order chi connectivity index (χ0) is 17.7. The molecule has 0 bridgehead atoms. The van der Waals surface area contributed by atoms with Gasteiger partial charge in [-0.1, -0.05) is 71.9 Å². The summed E-state index contributed by atoms with van der Waals surface area (Å²) in [5.74, 6) is -0.466. The first-order valence-electron chi connectivity index (χ1n) is 8.24. The molecular weight excluding hydrogens is 274 g/mol. The van der Waals surface area contributed by atoms with Gasteiger partial charge in [-0.15, -0.1) is 0 Å². The fourth-order valence-electron chi connectivity index (χ4n) is 1.51. The van der Waals surface area contributed by atoms with Crippen molar-refractivity contribution in [2.75, 3.05) is 0 Å². The largest absolute Gasteiger partial charge is 0.296 e. The molecule has 3 heteroatoms. The van der Waals surface area contributed by atoms with E-state index >= 15 is 0 Å². The van der Waals surface area contributed by atoms with Crippen molar-refractivity contribution in [3.05, 3.63) is 36.0 Å². The van der Waals surface area contributed by atoms with Gasteiger partial charge in [0.1, 0.15) is 0 Å². The second kappa shape index (κ2) is 13.1. The molecule has 0 saturated heterocycles. The van der Waals surface area contributed by atoms with E-state index in [4.69, 9.17) is 0 Å². The lowest BCUT2D eigenvalue weighted by Crippen LogP contribution is -2.34. The van der Waals surface area contributed by atoms with Crippen LogP contribution in [0.3, 0.4) is 0 Å². The number of carbonyl (C=O) groups is 2. The Morgan fingerprint density at radius 3 is 2.05 bits per heavy atom. The Balaban J connectivity index is 0. The highest BCUT2D eigenvalue weighted by molar-refractivity contribution is 5.97. The minimum Gasteiger partial charge on any atom is -0.296 e. The molecule has 0 fully saturated rings. The molecule has 0 rings (SSSR count). The van der Waals surface area contributed by atoms with Crippen molar-refractivity contribution in [2.45, 2.75) is 61.3 Å². The van der Waals surface area contributed by atoms with Crippen LogP contribution < -0.4 is 5.32 Å². The van der Waals surface area contributed by atoms with Crippen molar-refractivity contribution in [1.82, 2.24) is 5.32 Å². The topological polar surface area (TPSA) is 46.2 Å². The Morgan fingerprint density at radius 2 is 1.64 bits per heavy atom. The first kappa shape index (κ1) is 22.6. The summed E-state index contributed by atoms with van der Waals surface area (Å²) >= 11 is 0. The molecule has 0 aliphatic heterocycles. The maximum Gasteiger partial charge on any atom is 0.233 e. The summed E-state index contributed by atoms with van der Waals surface area (Å²) in [4.78, 5) is 23.3. The summed E-state index contributed by atoms with van der Waals surface area (Å²) < 4.78 is 0. The van der Waals surface area contributed by atoms with Gasteiger partial charge in [-0.3, -0.25) is 14.9 Å². The molecule has 0 aromatic carbocycles. The maximum atomic E-state index is 12.0. The van der Waals surface area contributed by atoms with Crippen LogP contribution in [0.15, 0.2) is 36.0 Å². The number of hydrogen-bond acceptors (Lipinski definition) is 2. The lowest BCUT2D eigenvalue weighted by atomic mass is 9.96. The Labute approximate surface area is 136 Å². The van der Waals surface area contributed by atoms with Crippen LogP contribution in [-0.4, -0.2) is 11.8 Å². The quantitative estimate of drug-likeness (QED) is 0.686. The number of allylic oxidation sites excluding steroid dienone is 4. The van der Waals surface area contributed by atoms with Crippen LogP contribution in [0.1, 0.15) is 61.3 Å². The second-order valence-electron chi connectivity index (χ2n) is 5.16. The molecule has 3 nitrogen and oxygen atoms in total. The molecule has 1 unspecified atom stereocenters. The van der Waals surface area contributed by atoms with Gasteiger partial charge < -0.3 is 0 Å². The lowest BCUT2D eigenvalue weighted by molar-refractivity contribution is -0.131. The van der Waals surface area contributed by atoms with E-state index < -0.39 is 0 Å². The number of imide groups is 1. The predicted octanol–water partition coefficient (Wildman–Crippen LogP) is 4.81. The maximum absolute atomic E-state index is 12.0. The summed E-state index contributed by atoms with van der Waals surface area (Å²) in [5, 5.41) is 2.40. The Hall–Kier alpha value is -1.64. The van der Waals surface area contributed by atoms with Gasteiger partial charge in [-0.2, -0.15) is 0 Å².